The van der Waals surface area contributed by atoms with E-state index in [1.807, 2.05) is 25.1 Å². The smallest absolute Gasteiger partial charge is 0.270 e. The Morgan fingerprint density at radius 2 is 2.05 bits per heavy atom. The molecule has 2 atom stereocenters. The number of aliphatic hydroxyl groups is 1. The molecule has 2 aromatic heterocycles. The van der Waals surface area contributed by atoms with Crippen LogP contribution in [-0.4, -0.2) is 50.7 Å². The van der Waals surface area contributed by atoms with E-state index in [0.717, 1.165) is 35.4 Å². The zero-order valence-electron chi connectivity index (χ0n) is 21.1. The second-order valence-electron chi connectivity index (χ2n) is 9.82. The number of oxazole rings is 1. The number of rotatable bonds is 9. The van der Waals surface area contributed by atoms with Gasteiger partial charge in [-0.15, -0.1) is 0 Å². The molecule has 2 aliphatic rings. The number of carbonyl (C=O) groups excluding carboxylic acids is 1. The van der Waals surface area contributed by atoms with E-state index in [0.29, 0.717) is 37.2 Å². The number of fused-ring (bicyclic) bond motifs is 1. The van der Waals surface area contributed by atoms with Crippen LogP contribution in [0.1, 0.15) is 65.2 Å². The Labute approximate surface area is 216 Å². The number of hydrogen-bond acceptors (Lipinski definition) is 9. The summed E-state index contributed by atoms with van der Waals surface area (Å²) < 4.78 is 11.2. The standard InChI is InChI=1S/C27H34N6O4/c1-17-25(37-16-32-17)14-36-21-8-7-18-10-22(28-12-19(18)9-21)24(34)13-29-27(35)23-11-26(31-15-30-23)33-20-5-3-2-4-6-20/h7-9,11,15-16,20,22,24,28,34H,2-6,10,12-14H2,1H3,(H,29,35)(H,30,31,33)/t22-,24+/m0/s1. The van der Waals surface area contributed by atoms with Gasteiger partial charge in [0, 0.05) is 31.2 Å². The van der Waals surface area contributed by atoms with Crippen molar-refractivity contribution in [2.45, 2.75) is 76.8 Å². The molecule has 0 radical (unpaired) electrons. The van der Waals surface area contributed by atoms with Gasteiger partial charge in [-0.1, -0.05) is 25.3 Å². The van der Waals surface area contributed by atoms with Crippen molar-refractivity contribution in [3.05, 3.63) is 65.3 Å². The maximum Gasteiger partial charge on any atom is 0.270 e. The highest BCUT2D eigenvalue weighted by atomic mass is 16.5. The number of carbonyl (C=O) groups is 1. The van der Waals surface area contributed by atoms with Gasteiger partial charge in [-0.05, 0) is 49.4 Å². The topological polar surface area (TPSA) is 134 Å². The van der Waals surface area contributed by atoms with Gasteiger partial charge in [-0.3, -0.25) is 4.79 Å². The number of amides is 1. The zero-order valence-corrected chi connectivity index (χ0v) is 21.1. The third-order valence-corrected chi connectivity index (χ3v) is 7.18. The van der Waals surface area contributed by atoms with E-state index in [9.17, 15) is 9.90 Å². The fourth-order valence-corrected chi connectivity index (χ4v) is 4.94. The predicted octanol–water partition coefficient (Wildman–Crippen LogP) is 2.90. The van der Waals surface area contributed by atoms with Crippen LogP contribution in [0.15, 0.2) is 41.4 Å². The summed E-state index contributed by atoms with van der Waals surface area (Å²) in [6.45, 7) is 2.93. The Balaban J connectivity index is 1.11. The molecule has 37 heavy (non-hydrogen) atoms. The Hall–Kier alpha value is -3.50. The van der Waals surface area contributed by atoms with Crippen LogP contribution in [-0.2, 0) is 19.6 Å². The van der Waals surface area contributed by atoms with E-state index in [1.165, 1.54) is 32.0 Å². The lowest BCUT2D eigenvalue weighted by Crippen LogP contribution is -2.49. The molecule has 1 amide bonds. The molecule has 5 rings (SSSR count). The van der Waals surface area contributed by atoms with Crippen molar-refractivity contribution < 1.29 is 19.1 Å². The Morgan fingerprint density at radius 3 is 2.86 bits per heavy atom. The third kappa shape index (κ3) is 6.44. The predicted molar refractivity (Wildman–Crippen MR) is 137 cm³/mol. The first-order chi connectivity index (χ1) is 18.0. The first-order valence-corrected chi connectivity index (χ1v) is 13.0. The molecule has 1 aliphatic carbocycles. The minimum atomic E-state index is -0.746. The van der Waals surface area contributed by atoms with Gasteiger partial charge in [0.2, 0.25) is 0 Å². The SMILES string of the molecule is Cc1ncoc1COc1ccc2c(c1)CN[C@H]([C@H](O)CNC(=O)c1cc(NC3CCCCC3)ncn1)C2. The molecule has 1 fully saturated rings. The van der Waals surface area contributed by atoms with Gasteiger partial charge in [0.25, 0.3) is 5.91 Å². The van der Waals surface area contributed by atoms with Crippen molar-refractivity contribution >= 4 is 11.7 Å². The molecule has 3 aromatic rings. The van der Waals surface area contributed by atoms with Crippen LogP contribution in [0.5, 0.6) is 5.75 Å². The van der Waals surface area contributed by atoms with Crippen LogP contribution in [0, 0.1) is 6.92 Å². The quantitative estimate of drug-likeness (QED) is 0.345. The number of hydrogen-bond donors (Lipinski definition) is 4. The van der Waals surface area contributed by atoms with Crippen LogP contribution in [0.4, 0.5) is 5.82 Å². The molecular weight excluding hydrogens is 472 g/mol. The van der Waals surface area contributed by atoms with Crippen LogP contribution < -0.4 is 20.7 Å². The highest BCUT2D eigenvalue weighted by molar-refractivity contribution is 5.92. The first-order valence-electron chi connectivity index (χ1n) is 13.0. The molecule has 10 heteroatoms. The van der Waals surface area contributed by atoms with E-state index in [2.05, 4.69) is 30.9 Å². The van der Waals surface area contributed by atoms with E-state index < -0.39 is 6.10 Å². The molecule has 10 nitrogen and oxygen atoms in total. The monoisotopic (exact) mass is 506 g/mol. The van der Waals surface area contributed by atoms with Crippen molar-refractivity contribution in [2.24, 2.45) is 0 Å². The number of ether oxygens (including phenoxy) is 1. The third-order valence-electron chi connectivity index (χ3n) is 7.18. The molecule has 0 unspecified atom stereocenters. The van der Waals surface area contributed by atoms with E-state index in [-0.39, 0.29) is 24.2 Å². The van der Waals surface area contributed by atoms with E-state index in [1.54, 1.807) is 6.07 Å². The fourth-order valence-electron chi connectivity index (χ4n) is 4.94. The summed E-state index contributed by atoms with van der Waals surface area (Å²) in [7, 11) is 0. The molecule has 4 N–H and O–H groups in total. The summed E-state index contributed by atoms with van der Waals surface area (Å²) in [6, 6.07) is 7.85. The number of anilines is 1. The lowest BCUT2D eigenvalue weighted by atomic mass is 9.92. The summed E-state index contributed by atoms with van der Waals surface area (Å²) in [5.41, 5.74) is 3.38. The normalized spacial score (nSPS) is 18.6. The molecular formula is C27H34N6O4. The maximum absolute atomic E-state index is 12.7. The average Bonchev–Trinajstić information content (AvgIpc) is 3.35. The molecule has 1 saturated carbocycles. The van der Waals surface area contributed by atoms with Crippen LogP contribution in [0.3, 0.4) is 0 Å². The number of aryl methyl sites for hydroxylation is 1. The molecule has 1 aliphatic heterocycles. The van der Waals surface area contributed by atoms with Gasteiger partial charge in [0.15, 0.2) is 12.2 Å². The van der Waals surface area contributed by atoms with Gasteiger partial charge in [-0.25, -0.2) is 15.0 Å². The zero-order chi connectivity index (χ0) is 25.6. The van der Waals surface area contributed by atoms with Crippen molar-refractivity contribution in [1.29, 1.82) is 0 Å². The Morgan fingerprint density at radius 1 is 1.19 bits per heavy atom. The number of nitrogens with zero attached hydrogens (tertiary/aromatic N) is 3. The summed E-state index contributed by atoms with van der Waals surface area (Å²) in [4.78, 5) is 25.1. The highest BCUT2D eigenvalue weighted by Crippen LogP contribution is 2.25. The minimum Gasteiger partial charge on any atom is -0.486 e. The summed E-state index contributed by atoms with van der Waals surface area (Å²) in [5.74, 6) is 1.80. The van der Waals surface area contributed by atoms with Gasteiger partial charge < -0.3 is 30.2 Å². The van der Waals surface area contributed by atoms with Crippen molar-refractivity contribution in [1.82, 2.24) is 25.6 Å². The molecule has 3 heterocycles. The second kappa shape index (κ2) is 11.7. The number of aromatic nitrogens is 3. The summed E-state index contributed by atoms with van der Waals surface area (Å²) in [6.07, 6.45) is 8.66. The van der Waals surface area contributed by atoms with Crippen molar-refractivity contribution in [3.63, 3.8) is 0 Å². The molecule has 0 bridgehead atoms. The Kier molecular flexibility index (Phi) is 7.96. The number of nitrogens with one attached hydrogen (secondary N) is 3. The second-order valence-corrected chi connectivity index (χ2v) is 9.82. The number of aliphatic hydroxyl groups excluding tert-OH is 1. The maximum atomic E-state index is 12.7. The number of benzene rings is 1. The largest absolute Gasteiger partial charge is 0.486 e. The lowest BCUT2D eigenvalue weighted by molar-refractivity contribution is 0.0865. The lowest BCUT2D eigenvalue weighted by Gasteiger charge is -2.30. The minimum absolute atomic E-state index is 0.124. The van der Waals surface area contributed by atoms with Crippen molar-refractivity contribution in [2.75, 3.05) is 11.9 Å². The van der Waals surface area contributed by atoms with Crippen LogP contribution >= 0.6 is 0 Å². The van der Waals surface area contributed by atoms with E-state index in [4.69, 9.17) is 9.15 Å². The Bertz CT molecular complexity index is 1210. The van der Waals surface area contributed by atoms with Crippen LogP contribution in [0.2, 0.25) is 0 Å². The fraction of sp³-hybridized carbons (Fsp3) is 0.481. The van der Waals surface area contributed by atoms with Crippen LogP contribution in [0.25, 0.3) is 0 Å². The van der Waals surface area contributed by atoms with Gasteiger partial charge >= 0.3 is 0 Å². The molecule has 0 saturated heterocycles. The average molecular weight is 507 g/mol. The van der Waals surface area contributed by atoms with Crippen molar-refractivity contribution in [3.8, 4) is 5.75 Å². The first kappa shape index (κ1) is 25.2. The highest BCUT2D eigenvalue weighted by Gasteiger charge is 2.25. The molecule has 1 aromatic carbocycles. The van der Waals surface area contributed by atoms with Gasteiger partial charge in [0.1, 0.15) is 30.2 Å². The molecule has 196 valence electrons. The summed E-state index contributed by atoms with van der Waals surface area (Å²) >= 11 is 0. The summed E-state index contributed by atoms with van der Waals surface area (Å²) in [5, 5.41) is 20.4. The molecule has 0 spiro atoms. The van der Waals surface area contributed by atoms with E-state index >= 15 is 0 Å². The van der Waals surface area contributed by atoms with Gasteiger partial charge in [-0.2, -0.15) is 0 Å². The van der Waals surface area contributed by atoms with Gasteiger partial charge in [0.05, 0.1) is 11.8 Å².